The number of nitrogens with one attached hydrogen (secondary N) is 3. The van der Waals surface area contributed by atoms with Crippen LogP contribution in [0.25, 0.3) is 0 Å². The molecule has 4 rings (SSSR count). The van der Waals surface area contributed by atoms with Crippen molar-refractivity contribution in [3.8, 4) is 6.07 Å². The van der Waals surface area contributed by atoms with Crippen LogP contribution < -0.4 is 16.0 Å². The second kappa shape index (κ2) is 6.85. The van der Waals surface area contributed by atoms with Gasteiger partial charge in [0.05, 0.1) is 34.1 Å². The molecule has 7 heteroatoms. The summed E-state index contributed by atoms with van der Waals surface area (Å²) in [5.41, 5.74) is 3.47. The van der Waals surface area contributed by atoms with Gasteiger partial charge in [0, 0.05) is 11.4 Å². The molecule has 0 atom stereocenters. The monoisotopic (exact) mass is 372 g/mol. The van der Waals surface area contributed by atoms with Gasteiger partial charge in [-0.3, -0.25) is 14.9 Å². The molecule has 2 amide bonds. The molecule has 0 aromatic heterocycles. The summed E-state index contributed by atoms with van der Waals surface area (Å²) in [5.74, 6) is -1.29. The van der Waals surface area contributed by atoms with Gasteiger partial charge < -0.3 is 10.6 Å². The smallest absolute Gasteiger partial charge is 0.259 e. The third-order valence-corrected chi connectivity index (χ3v) is 4.29. The van der Waals surface area contributed by atoms with E-state index in [1.165, 1.54) is 12.1 Å². The quantitative estimate of drug-likeness (QED) is 0.600. The topological polar surface area (TPSA) is 94.0 Å². The Kier molecular flexibility index (Phi) is 4.22. The maximum Gasteiger partial charge on any atom is 0.259 e. The number of benzene rings is 3. The first-order valence-electron chi connectivity index (χ1n) is 8.37. The molecule has 1 heterocycles. The van der Waals surface area contributed by atoms with Crippen molar-refractivity contribution in [2.45, 2.75) is 0 Å². The highest BCUT2D eigenvalue weighted by Crippen LogP contribution is 2.33. The molecular formula is C21H13FN4O2. The number of hydrogen-bond acceptors (Lipinski definition) is 5. The van der Waals surface area contributed by atoms with Crippen LogP contribution in [0.1, 0.15) is 26.3 Å². The highest BCUT2D eigenvalue weighted by Gasteiger charge is 2.28. The number of nitrogens with zero attached hydrogens (tertiary/aromatic N) is 1. The van der Waals surface area contributed by atoms with Gasteiger partial charge >= 0.3 is 0 Å². The second-order valence-electron chi connectivity index (χ2n) is 6.17. The lowest BCUT2D eigenvalue weighted by Gasteiger charge is -2.15. The van der Waals surface area contributed by atoms with Gasteiger partial charge in [0.2, 0.25) is 0 Å². The van der Waals surface area contributed by atoms with E-state index in [4.69, 9.17) is 5.26 Å². The Bertz CT molecular complexity index is 1130. The summed E-state index contributed by atoms with van der Waals surface area (Å²) in [4.78, 5) is 24.0. The second-order valence-corrected chi connectivity index (χ2v) is 6.17. The van der Waals surface area contributed by atoms with Crippen LogP contribution in [-0.2, 0) is 0 Å². The van der Waals surface area contributed by atoms with Gasteiger partial charge in [-0.05, 0) is 60.7 Å². The zero-order valence-electron chi connectivity index (χ0n) is 14.4. The molecule has 0 bridgehead atoms. The van der Waals surface area contributed by atoms with Crippen molar-refractivity contribution in [1.82, 2.24) is 5.32 Å². The van der Waals surface area contributed by atoms with Crippen LogP contribution in [0, 0.1) is 17.1 Å². The molecule has 3 aromatic rings. The summed E-state index contributed by atoms with van der Waals surface area (Å²) in [6, 6.07) is 17.8. The van der Waals surface area contributed by atoms with E-state index in [-0.39, 0.29) is 16.9 Å². The summed E-state index contributed by atoms with van der Waals surface area (Å²) in [7, 11) is 0. The van der Waals surface area contributed by atoms with Crippen LogP contribution in [0.15, 0.2) is 60.7 Å². The molecule has 3 N–H and O–H groups in total. The van der Waals surface area contributed by atoms with Gasteiger partial charge in [-0.2, -0.15) is 5.26 Å². The molecule has 0 unspecified atom stereocenters. The molecule has 0 radical (unpaired) electrons. The van der Waals surface area contributed by atoms with E-state index in [0.29, 0.717) is 28.3 Å². The molecule has 0 aliphatic carbocycles. The van der Waals surface area contributed by atoms with E-state index in [1.54, 1.807) is 48.5 Å². The van der Waals surface area contributed by atoms with E-state index in [1.807, 2.05) is 0 Å². The first-order valence-corrected chi connectivity index (χ1v) is 8.37. The van der Waals surface area contributed by atoms with Crippen molar-refractivity contribution in [1.29, 1.82) is 5.26 Å². The molecule has 3 aromatic carbocycles. The third-order valence-electron chi connectivity index (χ3n) is 4.29. The molecule has 0 fully saturated rings. The van der Waals surface area contributed by atoms with Gasteiger partial charge in [0.15, 0.2) is 0 Å². The predicted molar refractivity (Wildman–Crippen MR) is 102 cm³/mol. The van der Waals surface area contributed by atoms with Crippen LogP contribution >= 0.6 is 0 Å². The number of amides is 2. The van der Waals surface area contributed by atoms with E-state index >= 15 is 0 Å². The Balaban J connectivity index is 1.74. The van der Waals surface area contributed by atoms with Gasteiger partial charge in [0.1, 0.15) is 5.82 Å². The summed E-state index contributed by atoms with van der Waals surface area (Å²) in [6.07, 6.45) is 0. The standard InChI is InChI=1S/C21H13FN4O2/c22-13-3-7-15(8-4-13)25-19-10-17-16(20(27)26-21(17)28)9-18(19)24-14-5-1-12(11-23)2-6-14/h1-10,24-25H,(H,26,27,28). The fraction of sp³-hybridized carbons (Fsp3) is 0. The fourth-order valence-corrected chi connectivity index (χ4v) is 2.89. The minimum absolute atomic E-state index is 0.264. The fourth-order valence-electron chi connectivity index (χ4n) is 2.89. The van der Waals surface area contributed by atoms with Crippen molar-refractivity contribution < 1.29 is 14.0 Å². The zero-order valence-corrected chi connectivity index (χ0v) is 14.4. The molecule has 28 heavy (non-hydrogen) atoms. The molecule has 1 aliphatic heterocycles. The average molecular weight is 372 g/mol. The predicted octanol–water partition coefficient (Wildman–Crippen LogP) is 4.07. The number of hydrogen-bond donors (Lipinski definition) is 3. The lowest BCUT2D eigenvalue weighted by atomic mass is 10.1. The molecule has 0 spiro atoms. The lowest BCUT2D eigenvalue weighted by molar-refractivity contribution is 0.0879. The maximum absolute atomic E-state index is 13.2. The van der Waals surface area contributed by atoms with Gasteiger partial charge in [-0.25, -0.2) is 4.39 Å². The van der Waals surface area contributed by atoms with Crippen LogP contribution in [-0.4, -0.2) is 11.8 Å². The van der Waals surface area contributed by atoms with Gasteiger partial charge in [-0.1, -0.05) is 0 Å². The normalized spacial score (nSPS) is 12.1. The van der Waals surface area contributed by atoms with E-state index in [2.05, 4.69) is 22.0 Å². The summed E-state index contributed by atoms with van der Waals surface area (Å²) < 4.78 is 13.2. The maximum atomic E-state index is 13.2. The van der Waals surface area contributed by atoms with Gasteiger partial charge in [0.25, 0.3) is 11.8 Å². The Morgan fingerprint density at radius 3 is 1.71 bits per heavy atom. The zero-order chi connectivity index (χ0) is 19.7. The Labute approximate surface area is 159 Å². The van der Waals surface area contributed by atoms with Gasteiger partial charge in [-0.15, -0.1) is 0 Å². The number of halogens is 1. The Morgan fingerprint density at radius 2 is 1.25 bits per heavy atom. The van der Waals surface area contributed by atoms with Crippen molar-refractivity contribution in [2.24, 2.45) is 0 Å². The first kappa shape index (κ1) is 17.2. The number of nitriles is 1. The summed E-state index contributed by atoms with van der Waals surface area (Å²) >= 11 is 0. The molecule has 0 saturated carbocycles. The number of imide groups is 1. The van der Waals surface area contributed by atoms with Crippen LogP contribution in [0.4, 0.5) is 27.1 Å². The summed E-state index contributed by atoms with van der Waals surface area (Å²) in [6.45, 7) is 0. The van der Waals surface area contributed by atoms with Crippen molar-refractivity contribution >= 4 is 34.6 Å². The third kappa shape index (κ3) is 3.27. The lowest BCUT2D eigenvalue weighted by Crippen LogP contribution is -2.19. The van der Waals surface area contributed by atoms with Crippen LogP contribution in [0.2, 0.25) is 0 Å². The number of carbonyl (C=O) groups is 2. The summed E-state index contributed by atoms with van der Waals surface area (Å²) in [5, 5.41) is 17.5. The minimum Gasteiger partial charge on any atom is -0.354 e. The highest BCUT2D eigenvalue weighted by atomic mass is 19.1. The molecular weight excluding hydrogens is 359 g/mol. The molecule has 6 nitrogen and oxygen atoms in total. The number of carbonyl (C=O) groups excluding carboxylic acids is 2. The van der Waals surface area contributed by atoms with E-state index in [0.717, 1.165) is 0 Å². The van der Waals surface area contributed by atoms with Crippen molar-refractivity contribution in [3.63, 3.8) is 0 Å². The van der Waals surface area contributed by atoms with E-state index in [9.17, 15) is 14.0 Å². The van der Waals surface area contributed by atoms with Crippen LogP contribution in [0.5, 0.6) is 0 Å². The first-order chi connectivity index (χ1) is 13.5. The van der Waals surface area contributed by atoms with Crippen molar-refractivity contribution in [3.05, 3.63) is 83.2 Å². The van der Waals surface area contributed by atoms with Crippen LogP contribution in [0.3, 0.4) is 0 Å². The Morgan fingerprint density at radius 1 is 0.786 bits per heavy atom. The minimum atomic E-state index is -0.466. The number of anilines is 4. The molecule has 1 aliphatic rings. The molecule has 136 valence electrons. The highest BCUT2D eigenvalue weighted by molar-refractivity contribution is 6.22. The van der Waals surface area contributed by atoms with E-state index < -0.39 is 11.8 Å². The number of fused-ring (bicyclic) bond motifs is 1. The molecule has 0 saturated heterocycles. The number of rotatable bonds is 4. The largest absolute Gasteiger partial charge is 0.354 e. The van der Waals surface area contributed by atoms with Crippen molar-refractivity contribution in [2.75, 3.05) is 10.6 Å². The average Bonchev–Trinajstić information content (AvgIpc) is 2.97. The Hall–Kier alpha value is -4.18. The SMILES string of the molecule is N#Cc1ccc(Nc2cc3c(cc2Nc2ccc(F)cc2)C(=O)NC3=O)cc1.